The SMILES string of the molecule is CC(C)ON1C(C)(C)CC(COC(=O)CCC(=O)OC2CC(C)(C)N(OC(C)C)C(C)(C)C2)CC1(C)C. The first-order valence-electron chi connectivity index (χ1n) is 14.0. The molecule has 0 aromatic carbocycles. The molecule has 2 fully saturated rings. The third-order valence-electron chi connectivity index (χ3n) is 7.17. The van der Waals surface area contributed by atoms with E-state index in [0.29, 0.717) is 19.4 Å². The Morgan fingerprint density at radius 1 is 0.676 bits per heavy atom. The number of hydroxylamine groups is 4. The fraction of sp³-hybridized carbons (Fsp3) is 0.931. The number of carbonyl (C=O) groups excluding carboxylic acids is 2. The van der Waals surface area contributed by atoms with Gasteiger partial charge in [0.25, 0.3) is 0 Å². The minimum Gasteiger partial charge on any atom is -0.465 e. The highest BCUT2D eigenvalue weighted by Gasteiger charge is 2.49. The lowest BCUT2D eigenvalue weighted by molar-refractivity contribution is -0.309. The van der Waals surface area contributed by atoms with Gasteiger partial charge in [-0.15, -0.1) is 0 Å². The summed E-state index contributed by atoms with van der Waals surface area (Å²) in [6.07, 6.45) is 3.08. The third-order valence-corrected chi connectivity index (χ3v) is 7.17. The van der Waals surface area contributed by atoms with Gasteiger partial charge < -0.3 is 9.47 Å². The zero-order valence-corrected chi connectivity index (χ0v) is 25.6. The van der Waals surface area contributed by atoms with Gasteiger partial charge in [-0.05, 0) is 102 Å². The van der Waals surface area contributed by atoms with E-state index in [9.17, 15) is 9.59 Å². The van der Waals surface area contributed by atoms with Crippen LogP contribution in [0.5, 0.6) is 0 Å². The van der Waals surface area contributed by atoms with Gasteiger partial charge >= 0.3 is 11.9 Å². The van der Waals surface area contributed by atoms with Gasteiger partial charge in [-0.3, -0.25) is 19.3 Å². The number of hydrogen-bond acceptors (Lipinski definition) is 8. The normalized spacial score (nSPS) is 24.4. The van der Waals surface area contributed by atoms with Gasteiger partial charge in [0.15, 0.2) is 0 Å². The van der Waals surface area contributed by atoms with Gasteiger partial charge in [0.1, 0.15) is 6.10 Å². The molecular formula is C29H54N2O6. The molecule has 216 valence electrons. The lowest BCUT2D eigenvalue weighted by Gasteiger charge is -2.54. The second kappa shape index (κ2) is 11.9. The first-order valence-corrected chi connectivity index (χ1v) is 14.0. The summed E-state index contributed by atoms with van der Waals surface area (Å²) in [7, 11) is 0. The van der Waals surface area contributed by atoms with Crippen molar-refractivity contribution in [3.63, 3.8) is 0 Å². The van der Waals surface area contributed by atoms with Crippen molar-refractivity contribution in [1.29, 1.82) is 0 Å². The Kier molecular flexibility index (Phi) is 10.3. The molecular weight excluding hydrogens is 472 g/mol. The molecule has 2 aliphatic heterocycles. The van der Waals surface area contributed by atoms with E-state index in [4.69, 9.17) is 19.1 Å². The van der Waals surface area contributed by atoms with Crippen LogP contribution in [-0.2, 0) is 28.7 Å². The highest BCUT2D eigenvalue weighted by Crippen LogP contribution is 2.42. The third kappa shape index (κ3) is 8.91. The van der Waals surface area contributed by atoms with E-state index < -0.39 is 0 Å². The molecule has 0 N–H and O–H groups in total. The number of esters is 2. The Bertz CT molecular complexity index is 753. The van der Waals surface area contributed by atoms with E-state index in [2.05, 4.69) is 60.5 Å². The first kappa shape index (κ1) is 32.0. The van der Waals surface area contributed by atoms with Crippen molar-refractivity contribution in [3.05, 3.63) is 0 Å². The molecule has 8 heteroatoms. The average Bonchev–Trinajstić information content (AvgIpc) is 2.69. The lowest BCUT2D eigenvalue weighted by Crippen LogP contribution is -2.62. The molecule has 0 unspecified atom stereocenters. The monoisotopic (exact) mass is 526 g/mol. The van der Waals surface area contributed by atoms with Crippen molar-refractivity contribution in [2.45, 2.75) is 162 Å². The number of carbonyl (C=O) groups is 2. The fourth-order valence-electron chi connectivity index (χ4n) is 6.57. The van der Waals surface area contributed by atoms with Crippen LogP contribution < -0.4 is 0 Å². The van der Waals surface area contributed by atoms with E-state index in [1.807, 2.05) is 32.8 Å². The van der Waals surface area contributed by atoms with Crippen LogP contribution >= 0.6 is 0 Å². The highest BCUT2D eigenvalue weighted by atomic mass is 16.7. The molecule has 0 radical (unpaired) electrons. The molecule has 0 atom stereocenters. The topological polar surface area (TPSA) is 77.5 Å². The summed E-state index contributed by atoms with van der Waals surface area (Å²) >= 11 is 0. The van der Waals surface area contributed by atoms with E-state index in [0.717, 1.165) is 12.8 Å². The number of rotatable bonds is 10. The Morgan fingerprint density at radius 2 is 1.05 bits per heavy atom. The van der Waals surface area contributed by atoms with Crippen molar-refractivity contribution in [1.82, 2.24) is 10.1 Å². The maximum atomic E-state index is 12.6. The summed E-state index contributed by atoms with van der Waals surface area (Å²) in [6, 6.07) is 0. The maximum Gasteiger partial charge on any atom is 0.306 e. The molecule has 0 aromatic heterocycles. The zero-order valence-electron chi connectivity index (χ0n) is 25.6. The molecule has 2 aliphatic rings. The highest BCUT2D eigenvalue weighted by molar-refractivity contribution is 5.77. The Morgan fingerprint density at radius 3 is 1.46 bits per heavy atom. The molecule has 0 aromatic rings. The molecule has 37 heavy (non-hydrogen) atoms. The molecule has 0 aliphatic carbocycles. The number of ether oxygens (including phenoxy) is 2. The zero-order chi connectivity index (χ0) is 28.4. The van der Waals surface area contributed by atoms with E-state index in [-0.39, 0.29) is 71.2 Å². The number of nitrogens with zero attached hydrogens (tertiary/aromatic N) is 2. The first-order chi connectivity index (χ1) is 16.7. The number of hydrogen-bond donors (Lipinski definition) is 0. The van der Waals surface area contributed by atoms with Crippen molar-refractivity contribution < 1.29 is 28.7 Å². The minimum atomic E-state index is -0.354. The largest absolute Gasteiger partial charge is 0.465 e. The van der Waals surface area contributed by atoms with Gasteiger partial charge in [-0.1, -0.05) is 0 Å². The van der Waals surface area contributed by atoms with E-state index >= 15 is 0 Å². The van der Waals surface area contributed by atoms with Crippen molar-refractivity contribution in [3.8, 4) is 0 Å². The summed E-state index contributed by atoms with van der Waals surface area (Å²) in [5.41, 5.74) is -0.922. The van der Waals surface area contributed by atoms with Crippen LogP contribution in [0.4, 0.5) is 0 Å². The summed E-state index contributed by atoms with van der Waals surface area (Å²) in [5, 5.41) is 4.16. The quantitative estimate of drug-likeness (QED) is 0.329. The van der Waals surface area contributed by atoms with Crippen LogP contribution in [0.1, 0.15) is 122 Å². The predicted molar refractivity (Wildman–Crippen MR) is 144 cm³/mol. The average molecular weight is 527 g/mol. The Hall–Kier alpha value is -1.22. The van der Waals surface area contributed by atoms with E-state index in [1.54, 1.807) is 0 Å². The van der Waals surface area contributed by atoms with Gasteiger partial charge in [-0.25, -0.2) is 0 Å². The van der Waals surface area contributed by atoms with Gasteiger partial charge in [0.2, 0.25) is 0 Å². The second-order valence-electron chi connectivity index (χ2n) is 14.1. The summed E-state index contributed by atoms with van der Waals surface area (Å²) in [4.78, 5) is 37.3. The Balaban J connectivity index is 1.82. The molecule has 2 rings (SSSR count). The maximum absolute atomic E-state index is 12.6. The van der Waals surface area contributed by atoms with Crippen LogP contribution in [0.25, 0.3) is 0 Å². The van der Waals surface area contributed by atoms with Crippen LogP contribution in [0.3, 0.4) is 0 Å². The van der Waals surface area contributed by atoms with E-state index in [1.165, 1.54) is 0 Å². The van der Waals surface area contributed by atoms with Gasteiger partial charge in [0.05, 0.1) is 31.7 Å². The molecule has 0 bridgehead atoms. The van der Waals surface area contributed by atoms with Crippen molar-refractivity contribution in [2.75, 3.05) is 6.61 Å². The lowest BCUT2D eigenvalue weighted by atomic mass is 9.75. The molecule has 0 saturated carbocycles. The van der Waals surface area contributed by atoms with Crippen LogP contribution in [-0.4, -0.2) is 69.1 Å². The fourth-order valence-corrected chi connectivity index (χ4v) is 6.57. The molecule has 0 amide bonds. The van der Waals surface area contributed by atoms with Gasteiger partial charge in [-0.2, -0.15) is 10.1 Å². The molecule has 0 spiro atoms. The number of piperidine rings is 2. The van der Waals surface area contributed by atoms with Crippen LogP contribution in [0.2, 0.25) is 0 Å². The van der Waals surface area contributed by atoms with Crippen LogP contribution in [0, 0.1) is 5.92 Å². The second-order valence-corrected chi connectivity index (χ2v) is 14.1. The van der Waals surface area contributed by atoms with Crippen molar-refractivity contribution >= 4 is 11.9 Å². The Labute approximate surface area is 225 Å². The minimum absolute atomic E-state index is 0.0278. The molecule has 2 heterocycles. The van der Waals surface area contributed by atoms with Crippen molar-refractivity contribution in [2.24, 2.45) is 5.92 Å². The van der Waals surface area contributed by atoms with Gasteiger partial charge in [0, 0.05) is 35.0 Å². The van der Waals surface area contributed by atoms with Crippen LogP contribution in [0.15, 0.2) is 0 Å². The molecule has 8 nitrogen and oxygen atoms in total. The standard InChI is InChI=1S/C29H54N2O6/c1-20(2)36-30-26(5,6)15-22(16-27(30,7)8)19-34-24(32)13-14-25(33)35-23-17-28(9,10)31(37-21(3)4)29(11,12)18-23/h20-23H,13-19H2,1-12H3. The summed E-state index contributed by atoms with van der Waals surface area (Å²) in [6.45, 7) is 25.6. The predicted octanol–water partition coefficient (Wildman–Crippen LogP) is 5.82. The summed E-state index contributed by atoms with van der Waals surface area (Å²) in [5.74, 6) is -0.474. The summed E-state index contributed by atoms with van der Waals surface area (Å²) < 4.78 is 11.4. The smallest absolute Gasteiger partial charge is 0.306 e. The molecule has 2 saturated heterocycles.